The molecule has 1 aliphatic carbocycles. The molecule has 23 heavy (non-hydrogen) atoms. The number of likely N-dealkylation sites (tertiary alicyclic amines) is 1. The topological polar surface area (TPSA) is 49.4 Å². The molecule has 1 aliphatic heterocycles. The Labute approximate surface area is 137 Å². The van der Waals surface area contributed by atoms with Gasteiger partial charge in [0.05, 0.1) is 0 Å². The first-order valence-electron chi connectivity index (χ1n) is 8.36. The molecule has 0 bridgehead atoms. The molecule has 122 valence electrons. The number of carbonyl (C=O) groups excluding carboxylic acids is 2. The number of amides is 2. The highest BCUT2D eigenvalue weighted by atomic mass is 16.2. The van der Waals surface area contributed by atoms with Crippen molar-refractivity contribution in [2.75, 3.05) is 6.54 Å². The fraction of sp³-hybridized carbons (Fsp3) is 0.474. The molecule has 0 aromatic heterocycles. The van der Waals surface area contributed by atoms with Crippen molar-refractivity contribution in [1.82, 2.24) is 10.2 Å². The minimum Gasteiger partial charge on any atom is -0.349 e. The Morgan fingerprint density at radius 3 is 2.48 bits per heavy atom. The van der Waals surface area contributed by atoms with Crippen LogP contribution in [0.4, 0.5) is 0 Å². The zero-order valence-electron chi connectivity index (χ0n) is 13.8. The van der Waals surface area contributed by atoms with Crippen LogP contribution in [-0.2, 0) is 4.79 Å². The van der Waals surface area contributed by atoms with Crippen LogP contribution >= 0.6 is 0 Å². The molecule has 1 N–H and O–H groups in total. The van der Waals surface area contributed by atoms with E-state index >= 15 is 0 Å². The lowest BCUT2D eigenvalue weighted by Crippen LogP contribution is -2.41. The number of rotatable bonds is 4. The highest BCUT2D eigenvalue weighted by Crippen LogP contribution is 2.28. The van der Waals surface area contributed by atoms with E-state index in [9.17, 15) is 9.59 Å². The number of hydrogen-bond acceptors (Lipinski definition) is 2. The molecule has 1 aromatic carbocycles. The maximum absolute atomic E-state index is 12.3. The van der Waals surface area contributed by atoms with Crippen LogP contribution in [0.2, 0.25) is 0 Å². The Bertz CT molecular complexity index is 627. The summed E-state index contributed by atoms with van der Waals surface area (Å²) in [4.78, 5) is 26.2. The average molecular weight is 312 g/mol. The summed E-state index contributed by atoms with van der Waals surface area (Å²) in [6.07, 6.45) is 7.74. The number of carbonyl (C=O) groups is 2. The van der Waals surface area contributed by atoms with Crippen molar-refractivity contribution in [2.45, 2.75) is 51.1 Å². The van der Waals surface area contributed by atoms with E-state index in [1.165, 1.54) is 0 Å². The van der Waals surface area contributed by atoms with Crippen LogP contribution in [0, 0.1) is 0 Å². The van der Waals surface area contributed by atoms with E-state index in [1.54, 1.807) is 6.08 Å². The minimum atomic E-state index is -0.0494. The van der Waals surface area contributed by atoms with Crippen LogP contribution in [-0.4, -0.2) is 34.8 Å². The fourth-order valence-corrected chi connectivity index (χ4v) is 3.02. The van der Waals surface area contributed by atoms with Gasteiger partial charge in [0.2, 0.25) is 5.91 Å². The van der Waals surface area contributed by atoms with Crippen LogP contribution in [0.5, 0.6) is 0 Å². The van der Waals surface area contributed by atoms with Gasteiger partial charge in [-0.15, -0.1) is 0 Å². The van der Waals surface area contributed by atoms with Crippen molar-refractivity contribution in [3.05, 3.63) is 41.5 Å². The molecule has 4 heteroatoms. The van der Waals surface area contributed by atoms with Gasteiger partial charge in [0.1, 0.15) is 0 Å². The molecule has 0 radical (unpaired) electrons. The van der Waals surface area contributed by atoms with Crippen molar-refractivity contribution in [2.24, 2.45) is 0 Å². The smallest absolute Gasteiger partial charge is 0.251 e. The second-order valence-electron chi connectivity index (χ2n) is 7.11. The highest BCUT2D eigenvalue weighted by Gasteiger charge is 2.34. The van der Waals surface area contributed by atoms with Crippen molar-refractivity contribution in [3.63, 3.8) is 0 Å². The third kappa shape index (κ3) is 3.81. The molecule has 1 saturated heterocycles. The Morgan fingerprint density at radius 2 is 1.91 bits per heavy atom. The molecule has 0 spiro atoms. The predicted molar refractivity (Wildman–Crippen MR) is 91.0 cm³/mol. The Kier molecular flexibility index (Phi) is 4.24. The predicted octanol–water partition coefficient (Wildman–Crippen LogP) is 2.99. The summed E-state index contributed by atoms with van der Waals surface area (Å²) in [5.41, 5.74) is 1.55. The Balaban J connectivity index is 1.61. The van der Waals surface area contributed by atoms with Gasteiger partial charge in [-0.05, 0) is 63.3 Å². The largest absolute Gasteiger partial charge is 0.349 e. The van der Waals surface area contributed by atoms with Gasteiger partial charge in [-0.25, -0.2) is 0 Å². The van der Waals surface area contributed by atoms with E-state index in [0.717, 1.165) is 37.8 Å². The van der Waals surface area contributed by atoms with E-state index in [-0.39, 0.29) is 17.4 Å². The number of benzene rings is 1. The SMILES string of the molecule is CC1(C)CCCN1C(=O)C=Cc1ccc(C(=O)NC2CC2)cc1. The van der Waals surface area contributed by atoms with Gasteiger partial charge < -0.3 is 10.2 Å². The van der Waals surface area contributed by atoms with Gasteiger partial charge in [-0.2, -0.15) is 0 Å². The zero-order chi connectivity index (χ0) is 16.4. The third-order valence-corrected chi connectivity index (χ3v) is 4.67. The van der Waals surface area contributed by atoms with Crippen LogP contribution in [0.25, 0.3) is 6.08 Å². The zero-order valence-corrected chi connectivity index (χ0v) is 13.8. The number of hydrogen-bond donors (Lipinski definition) is 1. The van der Waals surface area contributed by atoms with E-state index < -0.39 is 0 Å². The third-order valence-electron chi connectivity index (χ3n) is 4.67. The van der Waals surface area contributed by atoms with Gasteiger partial charge in [0, 0.05) is 29.8 Å². The maximum atomic E-state index is 12.3. The maximum Gasteiger partial charge on any atom is 0.251 e. The second-order valence-corrected chi connectivity index (χ2v) is 7.11. The van der Waals surface area contributed by atoms with Crippen LogP contribution < -0.4 is 5.32 Å². The van der Waals surface area contributed by atoms with Crippen molar-refractivity contribution in [3.8, 4) is 0 Å². The summed E-state index contributed by atoms with van der Waals surface area (Å²) >= 11 is 0. The molecular formula is C19H24N2O2. The minimum absolute atomic E-state index is 0.0158. The first-order valence-corrected chi connectivity index (χ1v) is 8.36. The first kappa shape index (κ1) is 15.8. The number of nitrogens with zero attached hydrogens (tertiary/aromatic N) is 1. The lowest BCUT2D eigenvalue weighted by atomic mass is 10.0. The molecule has 2 amide bonds. The lowest BCUT2D eigenvalue weighted by Gasteiger charge is -2.30. The van der Waals surface area contributed by atoms with E-state index in [1.807, 2.05) is 35.2 Å². The van der Waals surface area contributed by atoms with Crippen LogP contribution in [0.3, 0.4) is 0 Å². The lowest BCUT2D eigenvalue weighted by molar-refractivity contribution is -0.128. The molecule has 1 saturated carbocycles. The van der Waals surface area contributed by atoms with E-state index in [4.69, 9.17) is 0 Å². The standard InChI is InChI=1S/C19H24N2O2/c1-19(2)12-3-13-21(19)17(22)11-6-14-4-7-15(8-5-14)18(23)20-16-9-10-16/h4-8,11,16H,3,9-10,12-13H2,1-2H3,(H,20,23). The molecule has 0 atom stereocenters. The van der Waals surface area contributed by atoms with Gasteiger partial charge in [0.25, 0.3) is 5.91 Å². The normalized spacial score (nSPS) is 20.0. The van der Waals surface area contributed by atoms with Crippen molar-refractivity contribution in [1.29, 1.82) is 0 Å². The summed E-state index contributed by atoms with van der Waals surface area (Å²) in [5.74, 6) is 0.0426. The quantitative estimate of drug-likeness (QED) is 0.869. The van der Waals surface area contributed by atoms with Crippen molar-refractivity contribution < 1.29 is 9.59 Å². The van der Waals surface area contributed by atoms with Gasteiger partial charge >= 0.3 is 0 Å². The number of nitrogens with one attached hydrogen (secondary N) is 1. The Hall–Kier alpha value is -2.10. The summed E-state index contributed by atoms with van der Waals surface area (Å²) in [6, 6.07) is 7.73. The molecule has 3 rings (SSSR count). The molecule has 4 nitrogen and oxygen atoms in total. The monoisotopic (exact) mass is 312 g/mol. The van der Waals surface area contributed by atoms with E-state index in [0.29, 0.717) is 11.6 Å². The molecule has 2 aliphatic rings. The van der Waals surface area contributed by atoms with E-state index in [2.05, 4.69) is 19.2 Å². The summed E-state index contributed by atoms with van der Waals surface area (Å²) < 4.78 is 0. The van der Waals surface area contributed by atoms with Gasteiger partial charge in [0.15, 0.2) is 0 Å². The van der Waals surface area contributed by atoms with Crippen molar-refractivity contribution >= 4 is 17.9 Å². The van der Waals surface area contributed by atoms with Gasteiger partial charge in [-0.3, -0.25) is 9.59 Å². The Morgan fingerprint density at radius 1 is 1.22 bits per heavy atom. The average Bonchev–Trinajstić information content (AvgIpc) is 3.26. The summed E-state index contributed by atoms with van der Waals surface area (Å²) in [5, 5.41) is 2.97. The molecule has 1 aromatic rings. The molecule has 0 unspecified atom stereocenters. The van der Waals surface area contributed by atoms with Gasteiger partial charge in [-0.1, -0.05) is 12.1 Å². The second kappa shape index (κ2) is 6.19. The molecule has 2 fully saturated rings. The fourth-order valence-electron chi connectivity index (χ4n) is 3.02. The summed E-state index contributed by atoms with van der Waals surface area (Å²) in [7, 11) is 0. The van der Waals surface area contributed by atoms with Crippen LogP contribution in [0.15, 0.2) is 30.3 Å². The summed E-state index contributed by atoms with van der Waals surface area (Å²) in [6.45, 7) is 5.05. The first-order chi connectivity index (χ1) is 11.0. The highest BCUT2D eigenvalue weighted by molar-refractivity contribution is 5.95. The molecule has 1 heterocycles. The molecular weight excluding hydrogens is 288 g/mol. The van der Waals surface area contributed by atoms with Crippen LogP contribution in [0.1, 0.15) is 55.5 Å².